The van der Waals surface area contributed by atoms with Gasteiger partial charge in [-0.15, -0.1) is 6.58 Å². The van der Waals surface area contributed by atoms with Gasteiger partial charge in [-0.2, -0.15) is 0 Å². The first-order chi connectivity index (χ1) is 18.8. The minimum Gasteiger partial charge on any atom is -0.381 e. The number of pyridine rings is 1. The summed E-state index contributed by atoms with van der Waals surface area (Å²) in [7, 11) is 0. The average Bonchev–Trinajstić information content (AvgIpc) is 3.76. The molecule has 1 aliphatic heterocycles. The topological polar surface area (TPSA) is 66.2 Å². The number of anilines is 2. The van der Waals surface area contributed by atoms with Gasteiger partial charge in [-0.3, -0.25) is 10.8 Å². The van der Waals surface area contributed by atoms with E-state index in [-0.39, 0.29) is 5.92 Å². The molecule has 208 valence electrons. The highest BCUT2D eigenvalue weighted by atomic mass is 32.2. The number of hydrazine groups is 1. The fraction of sp³-hybridized carbons (Fsp3) is 0.424. The lowest BCUT2D eigenvalue weighted by Gasteiger charge is -2.24. The summed E-state index contributed by atoms with van der Waals surface area (Å²) < 4.78 is 2.46. The molecule has 5 nitrogen and oxygen atoms in total. The third-order valence-corrected chi connectivity index (χ3v) is 9.14. The number of benzene rings is 1. The Bertz CT molecular complexity index is 1240. The van der Waals surface area contributed by atoms with E-state index < -0.39 is 0 Å². The van der Waals surface area contributed by atoms with Gasteiger partial charge in [-0.25, -0.2) is 4.31 Å². The number of nitrogens with zero attached hydrogens (tertiary/aromatic N) is 2. The van der Waals surface area contributed by atoms with E-state index in [2.05, 4.69) is 91.2 Å². The lowest BCUT2D eigenvalue weighted by atomic mass is 9.85. The van der Waals surface area contributed by atoms with Gasteiger partial charge in [-0.1, -0.05) is 49.8 Å². The summed E-state index contributed by atoms with van der Waals surface area (Å²) in [6.45, 7) is 19.2. The molecule has 0 spiro atoms. The summed E-state index contributed by atoms with van der Waals surface area (Å²) in [6.07, 6.45) is 13.9. The molecule has 39 heavy (non-hydrogen) atoms. The minimum atomic E-state index is 0.234. The molecule has 2 heterocycles. The van der Waals surface area contributed by atoms with Crippen LogP contribution >= 0.6 is 11.9 Å². The highest BCUT2D eigenvalue weighted by molar-refractivity contribution is 7.97. The van der Waals surface area contributed by atoms with Gasteiger partial charge in [0.15, 0.2) is 0 Å². The standard InChI is InChI=1S/C33H45N5S/c1-7-10-28(29-16-17-30(36-27-14-15-27)33(37-34)25(29)6)23(4)13-12-22(3)24(5)20-38-21-26(8-2)19-31-32(39-38)11-9-18-35-31/h7,9,11-13,16-18,26-28,36-37H,1,5,8,10,14-15,19-21,34H2,2-4,6H3/b22-12-,23-13+. The van der Waals surface area contributed by atoms with E-state index in [1.165, 1.54) is 45.7 Å². The Morgan fingerprint density at radius 2 is 2.05 bits per heavy atom. The summed E-state index contributed by atoms with van der Waals surface area (Å²) in [6, 6.07) is 9.21. The van der Waals surface area contributed by atoms with Gasteiger partial charge in [0.2, 0.25) is 0 Å². The maximum atomic E-state index is 5.98. The van der Waals surface area contributed by atoms with Crippen molar-refractivity contribution in [3.8, 4) is 0 Å². The SMILES string of the molecule is C=CCC(/C(C)=C/C=C(/C)C(=C)CN1CC(CC)Cc2ncccc2S1)c1ccc(NC2CC2)c(NN)c1C. The van der Waals surface area contributed by atoms with Crippen molar-refractivity contribution in [2.75, 3.05) is 23.8 Å². The molecule has 1 aromatic heterocycles. The summed E-state index contributed by atoms with van der Waals surface area (Å²) >= 11 is 1.82. The number of nitrogens with two attached hydrogens (primary N) is 1. The van der Waals surface area contributed by atoms with Crippen LogP contribution in [-0.2, 0) is 6.42 Å². The predicted octanol–water partition coefficient (Wildman–Crippen LogP) is 7.95. The number of fused-ring (bicyclic) bond motifs is 1. The zero-order chi connectivity index (χ0) is 27.9. The smallest absolute Gasteiger partial charge is 0.0750 e. The minimum absolute atomic E-state index is 0.234. The van der Waals surface area contributed by atoms with Crippen LogP contribution in [-0.4, -0.2) is 28.4 Å². The molecule has 6 heteroatoms. The molecule has 1 saturated carbocycles. The second-order valence-electron chi connectivity index (χ2n) is 11.0. The summed E-state index contributed by atoms with van der Waals surface area (Å²) in [5.74, 6) is 6.82. The van der Waals surface area contributed by atoms with E-state index in [1.54, 1.807) is 0 Å². The lowest BCUT2D eigenvalue weighted by Crippen LogP contribution is -2.24. The number of hydrogen-bond donors (Lipinski definition) is 3. The van der Waals surface area contributed by atoms with Crippen LogP contribution in [0.4, 0.5) is 11.4 Å². The molecule has 0 bridgehead atoms. The molecular weight excluding hydrogens is 498 g/mol. The maximum Gasteiger partial charge on any atom is 0.0750 e. The molecule has 0 amide bonds. The first kappa shape index (κ1) is 29.2. The number of rotatable bonds is 12. The molecule has 1 fully saturated rings. The van der Waals surface area contributed by atoms with Crippen molar-refractivity contribution in [2.45, 2.75) is 76.7 Å². The van der Waals surface area contributed by atoms with Crippen LogP contribution in [0.5, 0.6) is 0 Å². The fourth-order valence-electron chi connectivity index (χ4n) is 5.24. The maximum absolute atomic E-state index is 5.98. The van der Waals surface area contributed by atoms with Gasteiger partial charge in [0.05, 0.1) is 17.1 Å². The van der Waals surface area contributed by atoms with Crippen LogP contribution in [0, 0.1) is 12.8 Å². The van der Waals surface area contributed by atoms with Crippen molar-refractivity contribution >= 4 is 23.3 Å². The van der Waals surface area contributed by atoms with Crippen LogP contribution in [0.25, 0.3) is 0 Å². The normalized spacial score (nSPS) is 19.2. The number of hydrogen-bond acceptors (Lipinski definition) is 6. The number of nitrogen functional groups attached to an aromatic ring is 1. The summed E-state index contributed by atoms with van der Waals surface area (Å²) in [5.41, 5.74) is 12.4. The molecule has 2 atom stereocenters. The van der Waals surface area contributed by atoms with Crippen molar-refractivity contribution in [3.63, 3.8) is 0 Å². The van der Waals surface area contributed by atoms with Crippen LogP contribution in [0.3, 0.4) is 0 Å². The molecule has 0 saturated heterocycles. The van der Waals surface area contributed by atoms with Crippen LogP contribution in [0.2, 0.25) is 0 Å². The monoisotopic (exact) mass is 543 g/mol. The molecule has 2 aromatic rings. The van der Waals surface area contributed by atoms with Crippen molar-refractivity contribution < 1.29 is 0 Å². The van der Waals surface area contributed by atoms with Crippen LogP contribution in [0.15, 0.2) is 83.5 Å². The molecule has 2 unspecified atom stereocenters. The van der Waals surface area contributed by atoms with E-state index >= 15 is 0 Å². The molecule has 4 rings (SSSR count). The second kappa shape index (κ2) is 13.5. The summed E-state index contributed by atoms with van der Waals surface area (Å²) in [5, 5.41) is 3.60. The number of allylic oxidation sites excluding steroid dienone is 4. The van der Waals surface area contributed by atoms with E-state index in [4.69, 9.17) is 5.84 Å². The fourth-order valence-corrected chi connectivity index (χ4v) is 6.41. The molecule has 2 aliphatic rings. The van der Waals surface area contributed by atoms with Gasteiger partial charge < -0.3 is 10.7 Å². The zero-order valence-corrected chi connectivity index (χ0v) is 24.9. The largest absolute Gasteiger partial charge is 0.381 e. The van der Waals surface area contributed by atoms with Gasteiger partial charge in [0.25, 0.3) is 0 Å². The number of aromatic nitrogens is 1. The predicted molar refractivity (Wildman–Crippen MR) is 169 cm³/mol. The Morgan fingerprint density at radius 1 is 1.26 bits per heavy atom. The van der Waals surface area contributed by atoms with E-state index in [9.17, 15) is 0 Å². The van der Waals surface area contributed by atoms with Crippen molar-refractivity contribution in [3.05, 3.63) is 95.4 Å². The van der Waals surface area contributed by atoms with E-state index in [1.807, 2.05) is 30.3 Å². The quantitative estimate of drug-likeness (QED) is 0.0830. The molecular formula is C33H45N5S. The third-order valence-electron chi connectivity index (χ3n) is 8.03. The molecule has 4 N–H and O–H groups in total. The van der Waals surface area contributed by atoms with Gasteiger partial charge in [0.1, 0.15) is 0 Å². The third kappa shape index (κ3) is 7.44. The second-order valence-corrected chi connectivity index (χ2v) is 12.2. The number of nitrogens with one attached hydrogen (secondary N) is 2. The zero-order valence-electron chi connectivity index (χ0n) is 24.1. The first-order valence-electron chi connectivity index (χ1n) is 14.2. The van der Waals surface area contributed by atoms with Crippen LogP contribution in [0.1, 0.15) is 69.2 Å². The highest BCUT2D eigenvalue weighted by Gasteiger charge is 2.25. The lowest BCUT2D eigenvalue weighted by molar-refractivity contribution is 0.381. The van der Waals surface area contributed by atoms with Crippen molar-refractivity contribution in [1.82, 2.24) is 9.29 Å². The first-order valence-corrected chi connectivity index (χ1v) is 15.0. The van der Waals surface area contributed by atoms with E-state index in [0.717, 1.165) is 49.3 Å². The molecule has 0 radical (unpaired) electrons. The molecule has 1 aromatic carbocycles. The van der Waals surface area contributed by atoms with Crippen molar-refractivity contribution in [2.24, 2.45) is 11.8 Å². The Morgan fingerprint density at radius 3 is 2.74 bits per heavy atom. The van der Waals surface area contributed by atoms with Gasteiger partial charge in [0, 0.05) is 36.1 Å². The van der Waals surface area contributed by atoms with Crippen LogP contribution < -0.4 is 16.6 Å². The molecule has 1 aliphatic carbocycles. The Hall–Kier alpha value is -2.80. The Balaban J connectivity index is 1.49. The highest BCUT2D eigenvalue weighted by Crippen LogP contribution is 2.39. The van der Waals surface area contributed by atoms with E-state index in [0.29, 0.717) is 12.0 Å². The summed E-state index contributed by atoms with van der Waals surface area (Å²) in [4.78, 5) is 5.93. The van der Waals surface area contributed by atoms with Gasteiger partial charge >= 0.3 is 0 Å². The van der Waals surface area contributed by atoms with Crippen molar-refractivity contribution in [1.29, 1.82) is 0 Å². The Kier molecular flexibility index (Phi) is 10.1. The van der Waals surface area contributed by atoms with Gasteiger partial charge in [-0.05, 0) is 105 Å². The Labute approximate surface area is 239 Å². The average molecular weight is 544 g/mol.